The van der Waals surface area contributed by atoms with Crippen LogP contribution in [0.15, 0.2) is 22.3 Å². The van der Waals surface area contributed by atoms with Crippen molar-refractivity contribution in [3.63, 3.8) is 0 Å². The van der Waals surface area contributed by atoms with Crippen LogP contribution >= 0.6 is 0 Å². The standard InChI is InChI=1S/C58H90O16S2/c1-30(35-13-15-37-33-23-42(72-75(63,64)65)47-49(3,4)57(61)44(59)26-55(47,28-69-57)39(33)18-20-52(35,37)9)12-17-46-54(11)25-32(51(7,8)74-54)22-41(71-46)31(2)36-14-16-38-34-24-43(73-76(66,67)68)48-50(5,6)58(62)45(60)27-56(48,29-70-58)40(34)19-21-53(36,38)10/h30-32,35-38,41-48,59-62H,12-29H2,1-11H3,(H,63,64,65)(H,66,67,68)/t30-,31+,32-,35-,36-,37?,38?,41-,42+,43+,44+,45+,46+,47?,48?,52-,53-,54-,55+,56+,57+,58+/m1/s1. The molecule has 0 aromatic carbocycles. The highest BCUT2D eigenvalue weighted by Gasteiger charge is 2.76. The predicted molar refractivity (Wildman–Crippen MR) is 278 cm³/mol. The van der Waals surface area contributed by atoms with Gasteiger partial charge in [-0.3, -0.25) is 9.11 Å². The Labute approximate surface area is 452 Å². The zero-order valence-corrected chi connectivity index (χ0v) is 48.6. The second-order valence-electron chi connectivity index (χ2n) is 29.9. The van der Waals surface area contributed by atoms with Crippen LogP contribution < -0.4 is 0 Å². The highest BCUT2D eigenvalue weighted by Crippen LogP contribution is 2.74. The van der Waals surface area contributed by atoms with Gasteiger partial charge in [0.15, 0.2) is 11.6 Å². The molecule has 6 heterocycles. The molecular formula is C58H90O16S2. The lowest BCUT2D eigenvalue weighted by Gasteiger charge is -2.69. The second-order valence-corrected chi connectivity index (χ2v) is 32.0. The van der Waals surface area contributed by atoms with Crippen LogP contribution in [0.2, 0.25) is 0 Å². The van der Waals surface area contributed by atoms with Crippen LogP contribution in [0.25, 0.3) is 0 Å². The Kier molecular flexibility index (Phi) is 12.4. The van der Waals surface area contributed by atoms with E-state index in [1.54, 1.807) is 0 Å². The molecule has 0 radical (unpaired) electrons. The van der Waals surface area contributed by atoms with E-state index in [9.17, 15) is 46.4 Å². The number of aliphatic hydroxyl groups excluding tert-OH is 2. The van der Waals surface area contributed by atoms with Crippen molar-refractivity contribution >= 4 is 20.8 Å². The van der Waals surface area contributed by atoms with E-state index < -0.39 is 95.9 Å². The minimum Gasteiger partial charge on any atom is -0.387 e. The Hall–Kier alpha value is -1.10. The third-order valence-electron chi connectivity index (χ3n) is 25.7. The van der Waals surface area contributed by atoms with Crippen molar-refractivity contribution in [2.45, 2.75) is 238 Å². The van der Waals surface area contributed by atoms with Crippen LogP contribution in [0.1, 0.15) is 179 Å². The lowest BCUT2D eigenvalue weighted by Crippen LogP contribution is -2.76. The molecule has 14 aliphatic rings. The number of rotatable bonds is 10. The molecule has 6 N–H and O–H groups in total. The molecule has 4 saturated carbocycles. The molecule has 16 nitrogen and oxygen atoms in total. The number of ether oxygens (including phenoxy) is 4. The summed E-state index contributed by atoms with van der Waals surface area (Å²) in [5.41, 5.74) is 0.215. The van der Waals surface area contributed by atoms with Crippen LogP contribution in [0.5, 0.6) is 0 Å². The molecule has 0 aromatic rings. The number of fused-ring (bicyclic) bond motifs is 10. The first-order valence-electron chi connectivity index (χ1n) is 29.2. The molecule has 0 amide bonds. The molecule has 6 aliphatic heterocycles. The SMILES string of the molecule is C[C@@H]([C@H]1CCC2C3=C(CC[C@@]21C)[C@@]12CO[C@@](O)([C@@H](O)C1)C(C)(C)C2[C@@H](OS(=O)(=O)O)C3)[C@H]1C[C@@H]2C[C@@](C)(OC2(C)C)[C@H](CC[C@@H](C)[C@H]2CCC3C4=C(CC[C@@]32C)[C@@]23CO[C@@](O)([C@@H](O)C2)C(C)(C)C3[C@@H](OS(=O)(=O)O)C4)O1. The summed E-state index contributed by atoms with van der Waals surface area (Å²) in [6.45, 7) is 24.0. The largest absolute Gasteiger partial charge is 0.397 e. The summed E-state index contributed by atoms with van der Waals surface area (Å²) in [6.07, 6.45) is 7.78. The van der Waals surface area contributed by atoms with Crippen molar-refractivity contribution in [2.75, 3.05) is 13.2 Å². The van der Waals surface area contributed by atoms with E-state index >= 15 is 0 Å². The molecule has 6 bridgehead atoms. The van der Waals surface area contributed by atoms with Crippen molar-refractivity contribution in [1.29, 1.82) is 0 Å². The Bertz CT molecular complexity index is 2700. The fourth-order valence-corrected chi connectivity index (χ4v) is 23.5. The lowest BCUT2D eigenvalue weighted by molar-refractivity contribution is -0.408. The molecule has 10 fully saturated rings. The van der Waals surface area contributed by atoms with E-state index in [4.69, 9.17) is 27.3 Å². The summed E-state index contributed by atoms with van der Waals surface area (Å²) in [5, 5.41) is 46.6. The van der Waals surface area contributed by atoms with Crippen LogP contribution in [0, 0.1) is 85.8 Å². The maximum Gasteiger partial charge on any atom is 0.397 e. The Balaban J connectivity index is 0.791. The van der Waals surface area contributed by atoms with Crippen LogP contribution in [-0.2, 0) is 48.1 Å². The molecule has 18 heteroatoms. The average Bonchev–Trinajstić information content (AvgIpc) is 4.03. The highest BCUT2D eigenvalue weighted by atomic mass is 32.3. The normalized spacial score (nSPS) is 52.2. The maximum absolute atomic E-state index is 12.6. The predicted octanol–water partition coefficient (Wildman–Crippen LogP) is 8.42. The minimum atomic E-state index is -4.85. The molecule has 2 spiro atoms. The summed E-state index contributed by atoms with van der Waals surface area (Å²) in [4.78, 5) is 0. The molecule has 14 rings (SSSR count). The summed E-state index contributed by atoms with van der Waals surface area (Å²) >= 11 is 0. The maximum atomic E-state index is 12.6. The van der Waals surface area contributed by atoms with E-state index in [-0.39, 0.29) is 72.4 Å². The van der Waals surface area contributed by atoms with Gasteiger partial charge in [0.2, 0.25) is 0 Å². The Morgan fingerprint density at radius 1 is 0.658 bits per heavy atom. The van der Waals surface area contributed by atoms with Gasteiger partial charge in [0, 0.05) is 33.5 Å². The Morgan fingerprint density at radius 3 is 1.58 bits per heavy atom. The van der Waals surface area contributed by atoms with Gasteiger partial charge in [-0.25, -0.2) is 8.37 Å². The third kappa shape index (κ3) is 7.45. The first-order chi connectivity index (χ1) is 35.0. The van der Waals surface area contributed by atoms with Gasteiger partial charge in [0.1, 0.15) is 12.2 Å². The highest BCUT2D eigenvalue weighted by molar-refractivity contribution is 7.81. The summed E-state index contributed by atoms with van der Waals surface area (Å²) < 4.78 is 109. The van der Waals surface area contributed by atoms with Gasteiger partial charge < -0.3 is 39.4 Å². The third-order valence-corrected chi connectivity index (χ3v) is 26.7. The lowest BCUT2D eigenvalue weighted by atomic mass is 9.42. The van der Waals surface area contributed by atoms with Gasteiger partial charge in [-0.2, -0.15) is 16.8 Å². The molecule has 6 saturated heterocycles. The summed E-state index contributed by atoms with van der Waals surface area (Å²) in [5.74, 6) is -2.89. The number of hydrogen-bond acceptors (Lipinski definition) is 14. The number of hydrogen-bond donors (Lipinski definition) is 6. The van der Waals surface area contributed by atoms with E-state index in [1.165, 1.54) is 22.3 Å². The van der Waals surface area contributed by atoms with Crippen molar-refractivity contribution < 1.29 is 73.7 Å². The van der Waals surface area contributed by atoms with E-state index in [2.05, 4.69) is 48.5 Å². The van der Waals surface area contributed by atoms with Crippen LogP contribution in [0.4, 0.5) is 0 Å². The monoisotopic (exact) mass is 1110 g/mol. The Morgan fingerprint density at radius 2 is 1.12 bits per heavy atom. The molecule has 8 aliphatic carbocycles. The smallest absolute Gasteiger partial charge is 0.387 e. The quantitative estimate of drug-likeness (QED) is 0.0888. The molecule has 4 unspecified atom stereocenters. The van der Waals surface area contributed by atoms with E-state index in [1.807, 2.05) is 27.7 Å². The van der Waals surface area contributed by atoms with E-state index in [0.717, 1.165) is 77.0 Å². The average molecular weight is 1110 g/mol. The minimum absolute atomic E-state index is 0.0116. The molecule has 76 heavy (non-hydrogen) atoms. The summed E-state index contributed by atoms with van der Waals surface area (Å²) in [7, 11) is -9.68. The van der Waals surface area contributed by atoms with Gasteiger partial charge in [-0.1, -0.05) is 77.7 Å². The van der Waals surface area contributed by atoms with Gasteiger partial charge in [0.05, 0.1) is 48.8 Å². The summed E-state index contributed by atoms with van der Waals surface area (Å²) in [6, 6.07) is 0. The van der Waals surface area contributed by atoms with Gasteiger partial charge in [0.25, 0.3) is 0 Å². The molecule has 430 valence electrons. The number of aliphatic hydroxyl groups is 4. The zero-order valence-electron chi connectivity index (χ0n) is 47.0. The van der Waals surface area contributed by atoms with Crippen molar-refractivity contribution in [1.82, 2.24) is 0 Å². The fourth-order valence-electron chi connectivity index (χ4n) is 22.5. The van der Waals surface area contributed by atoms with Crippen LogP contribution in [0.3, 0.4) is 0 Å². The van der Waals surface area contributed by atoms with Crippen LogP contribution in [-0.4, -0.2) is 119 Å². The van der Waals surface area contributed by atoms with Gasteiger partial charge in [-0.05, 0) is 176 Å². The van der Waals surface area contributed by atoms with E-state index in [0.29, 0.717) is 36.5 Å². The second kappa shape index (κ2) is 17.0. The van der Waals surface area contributed by atoms with Crippen molar-refractivity contribution in [3.8, 4) is 0 Å². The molecule has 0 aromatic heterocycles. The fraction of sp³-hybridized carbons (Fsp3) is 0.931. The van der Waals surface area contributed by atoms with Gasteiger partial charge in [-0.15, -0.1) is 0 Å². The van der Waals surface area contributed by atoms with Crippen molar-refractivity contribution in [3.05, 3.63) is 22.3 Å². The topological polar surface area (TPSA) is 245 Å². The van der Waals surface area contributed by atoms with Crippen molar-refractivity contribution in [2.24, 2.45) is 85.8 Å². The van der Waals surface area contributed by atoms with Gasteiger partial charge >= 0.3 is 20.8 Å². The molecular weight excluding hydrogens is 1020 g/mol. The first kappa shape index (κ1) is 55.4. The first-order valence-corrected chi connectivity index (χ1v) is 32.0. The molecule has 22 atom stereocenters. The zero-order chi connectivity index (χ0) is 54.9.